The van der Waals surface area contributed by atoms with Crippen LogP contribution in [0, 0.1) is 0 Å². The Morgan fingerprint density at radius 1 is 1.39 bits per heavy atom. The van der Waals surface area contributed by atoms with Crippen molar-refractivity contribution in [3.05, 3.63) is 18.2 Å². The van der Waals surface area contributed by atoms with Crippen LogP contribution in [-0.4, -0.2) is 17.6 Å². The Hall–Kier alpha value is -1.91. The number of benzene rings is 1. The van der Waals surface area contributed by atoms with Crippen LogP contribution in [0.5, 0.6) is 5.75 Å². The first kappa shape index (κ1) is 14.2. The van der Waals surface area contributed by atoms with Gasteiger partial charge >= 0.3 is 0 Å². The van der Waals surface area contributed by atoms with Gasteiger partial charge in [0.05, 0.1) is 17.5 Å². The van der Waals surface area contributed by atoms with Gasteiger partial charge in [-0.15, -0.1) is 0 Å². The lowest BCUT2D eigenvalue weighted by molar-refractivity contribution is -0.121. The molecule has 0 bridgehead atoms. The highest BCUT2D eigenvalue weighted by Gasteiger charge is 2.25. The summed E-state index contributed by atoms with van der Waals surface area (Å²) in [4.78, 5) is 11.3. The van der Waals surface area contributed by atoms with Crippen LogP contribution in [0.2, 0.25) is 0 Å². The maximum Gasteiger partial charge on any atom is 0.242 e. The maximum absolute atomic E-state index is 11.3. The van der Waals surface area contributed by atoms with E-state index in [1.165, 1.54) is 0 Å². The van der Waals surface area contributed by atoms with Crippen molar-refractivity contribution in [2.75, 3.05) is 11.1 Å². The highest BCUT2D eigenvalue weighted by Crippen LogP contribution is 2.31. The normalized spacial score (nSPS) is 11.4. The molecule has 1 rings (SSSR count). The fourth-order valence-corrected chi connectivity index (χ4v) is 1.41. The highest BCUT2D eigenvalue weighted by atomic mass is 16.5. The predicted molar refractivity (Wildman–Crippen MR) is 73.5 cm³/mol. The van der Waals surface area contributed by atoms with E-state index < -0.39 is 11.4 Å². The molecular formula is C13H21N3O2. The van der Waals surface area contributed by atoms with E-state index >= 15 is 0 Å². The Labute approximate surface area is 107 Å². The second-order valence-electron chi connectivity index (χ2n) is 5.00. The first-order valence-corrected chi connectivity index (χ1v) is 5.87. The van der Waals surface area contributed by atoms with Gasteiger partial charge in [-0.25, -0.2) is 0 Å². The zero-order valence-corrected chi connectivity index (χ0v) is 11.3. The summed E-state index contributed by atoms with van der Waals surface area (Å²) in [6.45, 7) is 7.25. The molecule has 18 heavy (non-hydrogen) atoms. The number of nitrogen functional groups attached to an aromatic ring is 1. The number of ether oxygens (including phenoxy) is 1. The largest absolute Gasteiger partial charge is 0.489 e. The first-order valence-electron chi connectivity index (χ1n) is 5.87. The molecule has 0 saturated carbocycles. The number of hydrogen-bond acceptors (Lipinski definition) is 4. The van der Waals surface area contributed by atoms with Crippen molar-refractivity contribution in [2.45, 2.75) is 39.3 Å². The standard InChI is InChI=1S/C13H21N3O2/c1-8(2)18-10-7-5-6-9(11(10)14)16-13(3,4)12(15)17/h5-8,16H,14H2,1-4H3,(H2,15,17). The van der Waals surface area contributed by atoms with Crippen molar-refractivity contribution >= 4 is 17.3 Å². The quantitative estimate of drug-likeness (QED) is 0.695. The molecule has 1 aromatic carbocycles. The summed E-state index contributed by atoms with van der Waals surface area (Å²) in [6, 6.07) is 5.39. The zero-order chi connectivity index (χ0) is 13.9. The predicted octanol–water partition coefficient (Wildman–Crippen LogP) is 1.73. The Bertz CT molecular complexity index is 442. The number of rotatable bonds is 5. The summed E-state index contributed by atoms with van der Waals surface area (Å²) in [5.74, 6) is 0.146. The molecule has 0 saturated heterocycles. The molecule has 0 aliphatic rings. The van der Waals surface area contributed by atoms with Gasteiger partial charge in [0.15, 0.2) is 0 Å². The molecule has 5 nitrogen and oxygen atoms in total. The third kappa shape index (κ3) is 3.29. The summed E-state index contributed by atoms with van der Waals surface area (Å²) < 4.78 is 5.58. The molecule has 5 N–H and O–H groups in total. The minimum Gasteiger partial charge on any atom is -0.489 e. The first-order chi connectivity index (χ1) is 8.24. The Kier molecular flexibility index (Phi) is 4.06. The average Bonchev–Trinajstić information content (AvgIpc) is 2.23. The topological polar surface area (TPSA) is 90.4 Å². The molecule has 0 unspecified atom stereocenters. The molecule has 0 spiro atoms. The molecule has 0 fully saturated rings. The van der Waals surface area contributed by atoms with Crippen LogP contribution in [0.3, 0.4) is 0 Å². The van der Waals surface area contributed by atoms with E-state index in [1.807, 2.05) is 19.9 Å². The van der Waals surface area contributed by atoms with Crippen molar-refractivity contribution in [2.24, 2.45) is 5.73 Å². The summed E-state index contributed by atoms with van der Waals surface area (Å²) in [5, 5.41) is 3.02. The van der Waals surface area contributed by atoms with Crippen molar-refractivity contribution in [1.29, 1.82) is 0 Å². The molecule has 0 aromatic heterocycles. The van der Waals surface area contributed by atoms with Gasteiger partial charge in [-0.05, 0) is 39.8 Å². The highest BCUT2D eigenvalue weighted by molar-refractivity contribution is 5.88. The monoisotopic (exact) mass is 251 g/mol. The molecule has 1 aromatic rings. The Morgan fingerprint density at radius 2 is 2.00 bits per heavy atom. The summed E-state index contributed by atoms with van der Waals surface area (Å²) >= 11 is 0. The van der Waals surface area contributed by atoms with Crippen molar-refractivity contribution in [3.63, 3.8) is 0 Å². The second-order valence-corrected chi connectivity index (χ2v) is 5.00. The molecule has 5 heteroatoms. The van der Waals surface area contributed by atoms with Crippen LogP contribution < -0.4 is 21.5 Å². The van der Waals surface area contributed by atoms with E-state index in [0.717, 1.165) is 0 Å². The number of nitrogens with one attached hydrogen (secondary N) is 1. The van der Waals surface area contributed by atoms with E-state index in [2.05, 4.69) is 5.32 Å². The third-order valence-corrected chi connectivity index (χ3v) is 2.49. The number of hydrogen-bond donors (Lipinski definition) is 3. The number of primary amides is 1. The average molecular weight is 251 g/mol. The zero-order valence-electron chi connectivity index (χ0n) is 11.3. The summed E-state index contributed by atoms with van der Waals surface area (Å²) in [7, 11) is 0. The van der Waals surface area contributed by atoms with E-state index in [4.69, 9.17) is 16.2 Å². The van der Waals surface area contributed by atoms with E-state index in [1.54, 1.807) is 26.0 Å². The summed E-state index contributed by atoms with van der Waals surface area (Å²) in [6.07, 6.45) is 0.0340. The molecule has 0 heterocycles. The molecule has 100 valence electrons. The number of para-hydroxylation sites is 1. The van der Waals surface area contributed by atoms with Crippen LogP contribution in [0.25, 0.3) is 0 Å². The maximum atomic E-state index is 11.3. The SMILES string of the molecule is CC(C)Oc1cccc(NC(C)(C)C(N)=O)c1N. The van der Waals surface area contributed by atoms with Crippen molar-refractivity contribution < 1.29 is 9.53 Å². The van der Waals surface area contributed by atoms with Crippen LogP contribution in [0.4, 0.5) is 11.4 Å². The van der Waals surface area contributed by atoms with Crippen LogP contribution >= 0.6 is 0 Å². The molecular weight excluding hydrogens is 230 g/mol. The smallest absolute Gasteiger partial charge is 0.242 e. The minimum absolute atomic E-state index is 0.0340. The van der Waals surface area contributed by atoms with E-state index in [0.29, 0.717) is 17.1 Å². The van der Waals surface area contributed by atoms with Gasteiger partial charge in [0.2, 0.25) is 5.91 Å². The van der Waals surface area contributed by atoms with Gasteiger partial charge in [0, 0.05) is 0 Å². The lowest BCUT2D eigenvalue weighted by Gasteiger charge is -2.25. The molecule has 0 radical (unpaired) electrons. The number of carbonyl (C=O) groups excluding carboxylic acids is 1. The van der Waals surface area contributed by atoms with Crippen LogP contribution in [-0.2, 0) is 4.79 Å². The number of nitrogens with two attached hydrogens (primary N) is 2. The number of anilines is 2. The van der Waals surface area contributed by atoms with Crippen molar-refractivity contribution in [1.82, 2.24) is 0 Å². The van der Waals surface area contributed by atoms with E-state index in [-0.39, 0.29) is 6.10 Å². The summed E-state index contributed by atoms with van der Waals surface area (Å²) in [5.41, 5.74) is 11.6. The van der Waals surface area contributed by atoms with Gasteiger partial charge in [-0.2, -0.15) is 0 Å². The Morgan fingerprint density at radius 3 is 2.50 bits per heavy atom. The lowest BCUT2D eigenvalue weighted by atomic mass is 10.0. The van der Waals surface area contributed by atoms with Gasteiger partial charge in [0.25, 0.3) is 0 Å². The molecule has 0 aliphatic heterocycles. The van der Waals surface area contributed by atoms with Crippen molar-refractivity contribution in [3.8, 4) is 5.75 Å². The van der Waals surface area contributed by atoms with Gasteiger partial charge in [0.1, 0.15) is 11.3 Å². The molecule has 0 aliphatic carbocycles. The van der Waals surface area contributed by atoms with Crippen LogP contribution in [0.1, 0.15) is 27.7 Å². The Balaban J connectivity index is 3.01. The lowest BCUT2D eigenvalue weighted by Crippen LogP contribution is -2.45. The van der Waals surface area contributed by atoms with Crippen LogP contribution in [0.15, 0.2) is 18.2 Å². The molecule has 0 atom stereocenters. The van der Waals surface area contributed by atoms with E-state index in [9.17, 15) is 4.79 Å². The second kappa shape index (κ2) is 5.16. The fraction of sp³-hybridized carbons (Fsp3) is 0.462. The fourth-order valence-electron chi connectivity index (χ4n) is 1.41. The number of carbonyl (C=O) groups is 1. The molecule has 1 amide bonds. The van der Waals surface area contributed by atoms with Gasteiger partial charge < -0.3 is 21.5 Å². The third-order valence-electron chi connectivity index (χ3n) is 2.49. The number of amides is 1. The van der Waals surface area contributed by atoms with Gasteiger partial charge in [-0.3, -0.25) is 4.79 Å². The van der Waals surface area contributed by atoms with Gasteiger partial charge in [-0.1, -0.05) is 6.07 Å². The minimum atomic E-state index is -0.870.